The molecule has 0 saturated heterocycles. The van der Waals surface area contributed by atoms with Gasteiger partial charge in [-0.05, 0) is 36.0 Å². The first-order valence-corrected chi connectivity index (χ1v) is 10.8. The molecule has 178 valence electrons. The lowest BCUT2D eigenvalue weighted by atomic mass is 10.1. The molecule has 4 aromatic rings. The molecule has 0 saturated carbocycles. The van der Waals surface area contributed by atoms with Crippen LogP contribution in [-0.4, -0.2) is 45.4 Å². The fraction of sp³-hybridized carbons (Fsp3) is 0.0870. The lowest BCUT2D eigenvalue weighted by molar-refractivity contribution is -0.384. The van der Waals surface area contributed by atoms with E-state index in [0.717, 1.165) is 11.8 Å². The molecule has 0 radical (unpaired) electrons. The maximum Gasteiger partial charge on any atom is 0.342 e. The predicted molar refractivity (Wildman–Crippen MR) is 127 cm³/mol. The molecule has 0 aliphatic carbocycles. The summed E-state index contributed by atoms with van der Waals surface area (Å²) in [4.78, 5) is 26.6. The largest absolute Gasteiger partial charge is 0.497 e. The zero-order valence-electron chi connectivity index (χ0n) is 18.4. The first kappa shape index (κ1) is 23.6. The number of benzene rings is 2. The molecule has 2 aromatic carbocycles. The molecule has 0 atom stereocenters. The minimum absolute atomic E-state index is 0.0770. The van der Waals surface area contributed by atoms with Crippen LogP contribution in [0.15, 0.2) is 69.1 Å². The minimum atomic E-state index is -1.20. The van der Waals surface area contributed by atoms with Crippen LogP contribution in [0.2, 0.25) is 0 Å². The first-order chi connectivity index (χ1) is 16.9. The number of carboxylic acids is 1. The quantitative estimate of drug-likeness (QED) is 0.142. The van der Waals surface area contributed by atoms with E-state index >= 15 is 0 Å². The number of hydrogen-bond donors (Lipinski definition) is 2. The Bertz CT molecular complexity index is 1400. The van der Waals surface area contributed by atoms with Gasteiger partial charge in [0.2, 0.25) is 5.16 Å². The van der Waals surface area contributed by atoms with Crippen LogP contribution in [0.3, 0.4) is 0 Å². The van der Waals surface area contributed by atoms with E-state index < -0.39 is 10.9 Å². The molecule has 35 heavy (non-hydrogen) atoms. The van der Waals surface area contributed by atoms with Gasteiger partial charge in [-0.15, -0.1) is 5.10 Å². The summed E-state index contributed by atoms with van der Waals surface area (Å²) in [7, 11) is 3.06. The van der Waals surface area contributed by atoms with Crippen molar-refractivity contribution in [2.24, 2.45) is 0 Å². The van der Waals surface area contributed by atoms with Crippen molar-refractivity contribution in [3.63, 3.8) is 0 Å². The van der Waals surface area contributed by atoms with E-state index in [1.54, 1.807) is 42.5 Å². The number of aliphatic carboxylic acids is 1. The third-order valence-corrected chi connectivity index (χ3v) is 5.62. The number of non-ortho nitro benzene ring substituents is 1. The highest BCUT2D eigenvalue weighted by atomic mass is 32.2. The summed E-state index contributed by atoms with van der Waals surface area (Å²) in [5.74, 6) is 0.950. The monoisotopic (exact) mass is 494 g/mol. The maximum atomic E-state index is 11.8. The Kier molecular flexibility index (Phi) is 6.83. The molecule has 2 heterocycles. The Morgan fingerprint density at radius 2 is 1.86 bits per heavy atom. The summed E-state index contributed by atoms with van der Waals surface area (Å²) < 4.78 is 16.2. The van der Waals surface area contributed by atoms with Crippen LogP contribution >= 0.6 is 11.8 Å². The molecule has 0 fully saturated rings. The van der Waals surface area contributed by atoms with E-state index in [-0.39, 0.29) is 21.5 Å². The number of rotatable bonds is 9. The number of carbonyl (C=O) groups is 1. The van der Waals surface area contributed by atoms with Gasteiger partial charge in [0.1, 0.15) is 27.9 Å². The Labute approximate surface area is 202 Å². The number of aromatic amines is 1. The molecule has 4 rings (SSSR count). The van der Waals surface area contributed by atoms with Crippen LogP contribution in [-0.2, 0) is 4.79 Å². The summed E-state index contributed by atoms with van der Waals surface area (Å²) in [5.41, 5.74) is 1.07. The van der Waals surface area contributed by atoms with Gasteiger partial charge >= 0.3 is 5.97 Å². The number of ether oxygens (including phenoxy) is 2. The summed E-state index contributed by atoms with van der Waals surface area (Å²) in [5, 5.41) is 27.7. The van der Waals surface area contributed by atoms with Crippen LogP contribution in [0.5, 0.6) is 11.5 Å². The van der Waals surface area contributed by atoms with Gasteiger partial charge in [-0.2, -0.15) is 0 Å². The fourth-order valence-corrected chi connectivity index (χ4v) is 3.77. The maximum absolute atomic E-state index is 11.8. The van der Waals surface area contributed by atoms with Crippen molar-refractivity contribution in [1.29, 1.82) is 0 Å². The second-order valence-corrected chi connectivity index (χ2v) is 8.00. The molecule has 0 amide bonds. The molecule has 0 unspecified atom stereocenters. The molecule has 2 N–H and O–H groups in total. The van der Waals surface area contributed by atoms with Crippen molar-refractivity contribution in [3.05, 3.63) is 75.4 Å². The Balaban J connectivity index is 1.57. The molecule has 2 aromatic heterocycles. The van der Waals surface area contributed by atoms with Gasteiger partial charge in [0.15, 0.2) is 5.82 Å². The number of thioether (sulfide) groups is 1. The van der Waals surface area contributed by atoms with E-state index in [1.807, 2.05) is 0 Å². The third-order valence-electron chi connectivity index (χ3n) is 4.74. The minimum Gasteiger partial charge on any atom is -0.497 e. The van der Waals surface area contributed by atoms with Gasteiger partial charge < -0.3 is 19.0 Å². The van der Waals surface area contributed by atoms with E-state index in [9.17, 15) is 20.0 Å². The number of nitrogens with one attached hydrogen (secondary N) is 1. The van der Waals surface area contributed by atoms with Gasteiger partial charge in [0.25, 0.3) is 5.69 Å². The molecule has 0 bridgehead atoms. The number of methoxy groups -OCH3 is 2. The highest BCUT2D eigenvalue weighted by Gasteiger charge is 2.17. The van der Waals surface area contributed by atoms with Crippen molar-refractivity contribution in [2.75, 3.05) is 14.2 Å². The molecule has 12 heteroatoms. The van der Waals surface area contributed by atoms with Gasteiger partial charge in [-0.1, -0.05) is 12.1 Å². The smallest absolute Gasteiger partial charge is 0.342 e. The third kappa shape index (κ3) is 5.50. The number of aromatic nitrogens is 3. The van der Waals surface area contributed by atoms with Crippen LogP contribution in [0.1, 0.15) is 5.76 Å². The average Bonchev–Trinajstić information content (AvgIpc) is 3.53. The number of nitro groups is 1. The standard InChI is InChI=1S/C23H18N4O7S/c1-32-17-9-14(10-18(11-17)33-2)21-24-23(26-25-21)35-20(22(28)29)12-16-6-7-19(34-16)13-4-3-5-15(8-13)27(30)31/h3-12H,1-2H3,(H,28,29)(H,24,25,26)/b20-12-. The fourth-order valence-electron chi connectivity index (χ4n) is 3.09. The van der Waals surface area contributed by atoms with Crippen LogP contribution < -0.4 is 9.47 Å². The summed E-state index contributed by atoms with van der Waals surface area (Å²) in [6.45, 7) is 0. The number of nitrogens with zero attached hydrogens (tertiary/aromatic N) is 3. The number of carboxylic acid groups (broad SMARTS) is 1. The normalized spacial score (nSPS) is 11.3. The lowest BCUT2D eigenvalue weighted by Crippen LogP contribution is -1.97. The van der Waals surface area contributed by atoms with Crippen LogP contribution in [0, 0.1) is 10.1 Å². The van der Waals surface area contributed by atoms with Crippen molar-refractivity contribution in [3.8, 4) is 34.2 Å². The molecule has 11 nitrogen and oxygen atoms in total. The van der Waals surface area contributed by atoms with E-state index in [1.165, 1.54) is 32.4 Å². The SMILES string of the molecule is COc1cc(OC)cc(-c2nc(S/C(=C\c3ccc(-c4cccc([N+](=O)[O-])c4)o3)C(=O)O)n[nH]2)c1. The van der Waals surface area contributed by atoms with Gasteiger partial charge in [0.05, 0.1) is 19.1 Å². The zero-order valence-corrected chi connectivity index (χ0v) is 19.2. The highest BCUT2D eigenvalue weighted by Crippen LogP contribution is 2.32. The number of H-pyrrole nitrogens is 1. The predicted octanol–water partition coefficient (Wildman–Crippen LogP) is 4.87. The number of nitro benzene ring substituents is 1. The molecule has 0 spiro atoms. The van der Waals surface area contributed by atoms with E-state index in [2.05, 4.69) is 15.2 Å². The topological polar surface area (TPSA) is 154 Å². The zero-order chi connectivity index (χ0) is 24.9. The molecular weight excluding hydrogens is 476 g/mol. The van der Waals surface area contributed by atoms with Gasteiger partial charge in [0, 0.05) is 35.4 Å². The van der Waals surface area contributed by atoms with Gasteiger partial charge in [-0.3, -0.25) is 15.2 Å². The first-order valence-electron chi connectivity index (χ1n) is 9.99. The number of furan rings is 1. The average molecular weight is 494 g/mol. The molecular formula is C23H18N4O7S. The highest BCUT2D eigenvalue weighted by molar-refractivity contribution is 8.04. The second-order valence-electron chi connectivity index (χ2n) is 6.99. The summed E-state index contributed by atoms with van der Waals surface area (Å²) >= 11 is 0.835. The van der Waals surface area contributed by atoms with Crippen molar-refractivity contribution in [1.82, 2.24) is 15.2 Å². The number of hydrogen-bond acceptors (Lipinski definition) is 9. The van der Waals surface area contributed by atoms with E-state index in [0.29, 0.717) is 34.2 Å². The van der Waals surface area contributed by atoms with Crippen molar-refractivity contribution in [2.45, 2.75) is 5.16 Å². The van der Waals surface area contributed by atoms with Crippen molar-refractivity contribution >= 4 is 29.5 Å². The molecule has 0 aliphatic heterocycles. The Morgan fingerprint density at radius 3 is 2.51 bits per heavy atom. The molecule has 0 aliphatic rings. The summed E-state index contributed by atoms with van der Waals surface area (Å²) in [6, 6.07) is 14.3. The second kappa shape index (κ2) is 10.1. The lowest BCUT2D eigenvalue weighted by Gasteiger charge is -2.06. The van der Waals surface area contributed by atoms with Crippen molar-refractivity contribution < 1.29 is 28.7 Å². The van der Waals surface area contributed by atoms with Gasteiger partial charge in [-0.25, -0.2) is 9.78 Å². The van der Waals surface area contributed by atoms with Crippen LogP contribution in [0.25, 0.3) is 28.8 Å². The summed E-state index contributed by atoms with van der Waals surface area (Å²) in [6.07, 6.45) is 1.33. The van der Waals surface area contributed by atoms with Crippen LogP contribution in [0.4, 0.5) is 5.69 Å². The Morgan fingerprint density at radius 1 is 1.11 bits per heavy atom. The van der Waals surface area contributed by atoms with E-state index in [4.69, 9.17) is 13.9 Å². The Hall–Kier alpha value is -4.58.